The number of ether oxygens (including phenoxy) is 1. The number of β-amino-alcohol motifs (C(OH)–C–C–N with tert-alkyl or cyclic N) is 1. The molecule has 2 aliphatic rings. The van der Waals surface area contributed by atoms with Crippen molar-refractivity contribution in [3.05, 3.63) is 107 Å². The third-order valence-corrected chi connectivity index (χ3v) is 8.32. The quantitative estimate of drug-likeness (QED) is 0.263. The Morgan fingerprint density at radius 3 is 1.93 bits per heavy atom. The summed E-state index contributed by atoms with van der Waals surface area (Å²) in [7, 11) is 4.00. The van der Waals surface area contributed by atoms with Gasteiger partial charge in [0.15, 0.2) is 0 Å². The van der Waals surface area contributed by atoms with Crippen LogP contribution in [0.4, 0.5) is 4.79 Å². The first-order valence-electron chi connectivity index (χ1n) is 14.9. The number of aliphatic hydroxyl groups excluding tert-OH is 1. The Kier molecular flexibility index (Phi) is 9.55. The fraction of sp³-hybridized carbons (Fsp3) is 0.382. The van der Waals surface area contributed by atoms with E-state index >= 15 is 0 Å². The van der Waals surface area contributed by atoms with Gasteiger partial charge in [0, 0.05) is 19.6 Å². The van der Waals surface area contributed by atoms with Crippen LogP contribution in [-0.2, 0) is 4.74 Å². The lowest BCUT2D eigenvalue weighted by atomic mass is 9.99. The van der Waals surface area contributed by atoms with Crippen LogP contribution in [-0.4, -0.2) is 103 Å². The third-order valence-electron chi connectivity index (χ3n) is 8.32. The minimum absolute atomic E-state index is 0.188. The first-order valence-corrected chi connectivity index (χ1v) is 14.9. The average Bonchev–Trinajstić information content (AvgIpc) is 3.25. The maximum Gasteiger partial charge on any atom is 0.408 e. The van der Waals surface area contributed by atoms with Gasteiger partial charge in [0.25, 0.3) is 11.8 Å². The molecule has 3 aromatic carbocycles. The van der Waals surface area contributed by atoms with Gasteiger partial charge in [-0.15, -0.1) is 0 Å². The molecule has 43 heavy (non-hydrogen) atoms. The van der Waals surface area contributed by atoms with Crippen LogP contribution in [0.5, 0.6) is 0 Å². The van der Waals surface area contributed by atoms with Gasteiger partial charge in [-0.2, -0.15) is 0 Å². The summed E-state index contributed by atoms with van der Waals surface area (Å²) in [5, 5.41) is 13.9. The summed E-state index contributed by atoms with van der Waals surface area (Å²) in [5.74, 6) is -0.508. The Balaban J connectivity index is 1.05. The van der Waals surface area contributed by atoms with Crippen LogP contribution >= 0.6 is 0 Å². The molecule has 2 N–H and O–H groups in total. The molecule has 0 bridgehead atoms. The van der Waals surface area contributed by atoms with Crippen molar-refractivity contribution in [2.75, 3.05) is 53.4 Å². The van der Waals surface area contributed by atoms with Crippen molar-refractivity contribution in [3.63, 3.8) is 0 Å². The number of carbonyl (C=O) groups excluding carboxylic acids is 3. The zero-order chi connectivity index (χ0) is 30.4. The second kappa shape index (κ2) is 13.5. The number of aliphatic hydroxyl groups is 1. The minimum Gasteiger partial charge on any atom is -0.446 e. The van der Waals surface area contributed by atoms with Crippen molar-refractivity contribution in [3.8, 4) is 0 Å². The van der Waals surface area contributed by atoms with E-state index in [4.69, 9.17) is 4.74 Å². The molecule has 0 aliphatic carbocycles. The molecule has 3 aromatic rings. The van der Waals surface area contributed by atoms with Crippen LogP contribution < -0.4 is 5.32 Å². The molecule has 1 saturated heterocycles. The Morgan fingerprint density at radius 1 is 0.884 bits per heavy atom. The summed E-state index contributed by atoms with van der Waals surface area (Å²) in [5.41, 5.74) is 2.88. The summed E-state index contributed by atoms with van der Waals surface area (Å²) in [6.45, 7) is 3.28. The molecule has 226 valence electrons. The number of imide groups is 1. The Labute approximate surface area is 253 Å². The van der Waals surface area contributed by atoms with Crippen molar-refractivity contribution in [1.29, 1.82) is 0 Å². The van der Waals surface area contributed by atoms with Gasteiger partial charge in [-0.1, -0.05) is 72.8 Å². The highest BCUT2D eigenvalue weighted by Crippen LogP contribution is 2.24. The molecule has 2 aliphatic heterocycles. The van der Waals surface area contributed by atoms with E-state index in [1.165, 1.54) is 4.90 Å². The number of piperidine rings is 1. The van der Waals surface area contributed by atoms with E-state index in [1.54, 1.807) is 24.3 Å². The smallest absolute Gasteiger partial charge is 0.408 e. The van der Waals surface area contributed by atoms with Crippen LogP contribution in [0.25, 0.3) is 0 Å². The van der Waals surface area contributed by atoms with E-state index in [1.807, 2.05) is 74.8 Å². The predicted molar refractivity (Wildman–Crippen MR) is 163 cm³/mol. The maximum absolute atomic E-state index is 12.9. The van der Waals surface area contributed by atoms with Crippen molar-refractivity contribution < 1.29 is 28.7 Å². The van der Waals surface area contributed by atoms with Crippen LogP contribution in [0.15, 0.2) is 84.9 Å². The van der Waals surface area contributed by atoms with E-state index in [2.05, 4.69) is 10.2 Å². The van der Waals surface area contributed by atoms with Crippen LogP contribution in [0.2, 0.25) is 0 Å². The van der Waals surface area contributed by atoms with Gasteiger partial charge in [0.1, 0.15) is 18.8 Å². The van der Waals surface area contributed by atoms with E-state index in [0.717, 1.165) is 24.2 Å². The largest absolute Gasteiger partial charge is 0.446 e. The van der Waals surface area contributed by atoms with Crippen molar-refractivity contribution in [2.45, 2.75) is 31.1 Å². The van der Waals surface area contributed by atoms with Crippen LogP contribution in [0.3, 0.4) is 0 Å². The summed E-state index contributed by atoms with van der Waals surface area (Å²) in [4.78, 5) is 41.8. The van der Waals surface area contributed by atoms with E-state index < -0.39 is 12.2 Å². The monoisotopic (exact) mass is 585 g/mol. The van der Waals surface area contributed by atoms with Crippen LogP contribution in [0, 0.1) is 0 Å². The Hall–Kier alpha value is -4.05. The van der Waals surface area contributed by atoms with Gasteiger partial charge in [-0.25, -0.2) is 4.79 Å². The number of nitrogens with zero attached hydrogens (tertiary/aromatic N) is 3. The van der Waals surface area contributed by atoms with Crippen molar-refractivity contribution in [2.24, 2.45) is 0 Å². The van der Waals surface area contributed by atoms with Gasteiger partial charge in [0.05, 0.1) is 44.4 Å². The number of benzene rings is 3. The number of rotatable bonds is 11. The van der Waals surface area contributed by atoms with Crippen LogP contribution in [0.1, 0.15) is 50.7 Å². The minimum atomic E-state index is -0.574. The lowest BCUT2D eigenvalue weighted by Crippen LogP contribution is -2.52. The molecule has 0 spiro atoms. The molecule has 3 amide bonds. The summed E-state index contributed by atoms with van der Waals surface area (Å²) < 4.78 is 6.29. The molecule has 1 unspecified atom stereocenters. The van der Waals surface area contributed by atoms with Gasteiger partial charge >= 0.3 is 6.09 Å². The number of amides is 3. The van der Waals surface area contributed by atoms with Gasteiger partial charge in [0.2, 0.25) is 0 Å². The summed E-state index contributed by atoms with van der Waals surface area (Å²) in [6, 6.07) is 26.3. The molecule has 1 atom stereocenters. The fourth-order valence-corrected chi connectivity index (χ4v) is 5.99. The summed E-state index contributed by atoms with van der Waals surface area (Å²) >= 11 is 0. The second-order valence-electron chi connectivity index (χ2n) is 12.1. The zero-order valence-corrected chi connectivity index (χ0v) is 24.9. The first-order chi connectivity index (χ1) is 20.7. The first kappa shape index (κ1) is 30.4. The highest BCUT2D eigenvalue weighted by molar-refractivity contribution is 6.21. The standard InChI is InChI=1S/C34H40N4O5/c1-38(2,22-21-37-32(40)29-15-9-10-16-30(29)33(37)41)24-27(39)23-36-19-17-28(18-20-36)43-34(42)35-31(25-11-5-3-6-12-25)26-13-7-4-8-14-26/h3-16,27-28,31,39H,17-24H2,1-2H3/p+1. The molecule has 0 radical (unpaired) electrons. The third kappa shape index (κ3) is 7.67. The highest BCUT2D eigenvalue weighted by Gasteiger charge is 2.36. The molecule has 9 heteroatoms. The number of hydrogen-bond donors (Lipinski definition) is 2. The van der Waals surface area contributed by atoms with Gasteiger partial charge in [-0.3, -0.25) is 14.5 Å². The predicted octanol–water partition coefficient (Wildman–Crippen LogP) is 3.70. The van der Waals surface area contributed by atoms with E-state index in [9.17, 15) is 19.5 Å². The number of likely N-dealkylation sites (N-methyl/N-ethyl adjacent to an activating group) is 1. The Morgan fingerprint density at radius 2 is 1.40 bits per heavy atom. The lowest BCUT2D eigenvalue weighted by Gasteiger charge is -2.36. The highest BCUT2D eigenvalue weighted by atomic mass is 16.6. The SMILES string of the molecule is C[N+](C)(CCN1C(=O)c2ccccc2C1=O)CC(O)CN1CCC(OC(=O)NC(c2ccccc2)c2ccccc2)CC1. The number of quaternary nitrogens is 1. The second-order valence-corrected chi connectivity index (χ2v) is 12.1. The average molecular weight is 586 g/mol. The topological polar surface area (TPSA) is 99.2 Å². The molecule has 0 saturated carbocycles. The lowest BCUT2D eigenvalue weighted by molar-refractivity contribution is -0.892. The summed E-state index contributed by atoms with van der Waals surface area (Å²) in [6.07, 6.45) is 0.190. The number of carbonyl (C=O) groups is 3. The number of alkyl carbamates (subject to hydrolysis) is 1. The molecule has 9 nitrogen and oxygen atoms in total. The number of hydrogen-bond acceptors (Lipinski definition) is 6. The van der Waals surface area contributed by atoms with E-state index in [0.29, 0.717) is 54.6 Å². The normalized spacial score (nSPS) is 16.8. The number of nitrogens with one attached hydrogen (secondary N) is 1. The van der Waals surface area contributed by atoms with Crippen molar-refractivity contribution >= 4 is 17.9 Å². The van der Waals surface area contributed by atoms with E-state index in [-0.39, 0.29) is 24.0 Å². The Bertz CT molecular complexity index is 1330. The molecular weight excluding hydrogens is 544 g/mol. The number of fused-ring (bicyclic) bond motifs is 1. The molecular formula is C34H41N4O5+. The van der Waals surface area contributed by atoms with Crippen molar-refractivity contribution in [1.82, 2.24) is 15.1 Å². The fourth-order valence-electron chi connectivity index (χ4n) is 5.99. The van der Waals surface area contributed by atoms with Gasteiger partial charge in [-0.05, 0) is 36.1 Å². The molecule has 2 heterocycles. The van der Waals surface area contributed by atoms with Gasteiger partial charge < -0.3 is 24.5 Å². The molecule has 1 fully saturated rings. The molecule has 5 rings (SSSR count). The zero-order valence-electron chi connectivity index (χ0n) is 24.9. The number of likely N-dealkylation sites (tertiary alicyclic amines) is 1. The molecule has 0 aromatic heterocycles. The maximum atomic E-state index is 12.9.